The van der Waals surface area contributed by atoms with Gasteiger partial charge < -0.3 is 4.74 Å². The molecule has 1 saturated heterocycles. The van der Waals surface area contributed by atoms with E-state index in [1.807, 2.05) is 17.5 Å². The van der Waals surface area contributed by atoms with Crippen LogP contribution in [0.25, 0.3) is 0 Å². The summed E-state index contributed by atoms with van der Waals surface area (Å²) in [6, 6.07) is 9.20. The molecule has 0 bridgehead atoms. The fraction of sp³-hybridized carbons (Fsp3) is 0.474. The Balaban J connectivity index is 1.46. The molecule has 0 unspecified atom stereocenters. The molecule has 4 rings (SSSR count). The maximum absolute atomic E-state index is 12.8. The van der Waals surface area contributed by atoms with E-state index in [0.29, 0.717) is 13.2 Å². The predicted molar refractivity (Wildman–Crippen MR) is 114 cm³/mol. The average molecular weight is 472 g/mol. The minimum atomic E-state index is -3.78. The first-order valence-electron chi connectivity index (χ1n) is 9.82. The van der Waals surface area contributed by atoms with Crippen LogP contribution in [-0.2, 0) is 24.8 Å². The van der Waals surface area contributed by atoms with Gasteiger partial charge in [0.15, 0.2) is 0 Å². The quantitative estimate of drug-likeness (QED) is 0.575. The highest BCUT2D eigenvalue weighted by atomic mass is 32.2. The van der Waals surface area contributed by atoms with Crippen LogP contribution in [0.4, 0.5) is 0 Å². The first-order chi connectivity index (χ1) is 14.4. The monoisotopic (exact) mass is 471 g/mol. The second-order valence-corrected chi connectivity index (χ2v) is 11.9. The molecule has 0 spiro atoms. The van der Waals surface area contributed by atoms with Crippen LogP contribution in [0.15, 0.2) is 51.6 Å². The third kappa shape index (κ3) is 5.28. The van der Waals surface area contributed by atoms with E-state index in [0.717, 1.165) is 30.8 Å². The molecule has 1 aromatic heterocycles. The van der Waals surface area contributed by atoms with Crippen LogP contribution in [0.2, 0.25) is 0 Å². The van der Waals surface area contributed by atoms with Gasteiger partial charge in [-0.15, -0.1) is 11.3 Å². The van der Waals surface area contributed by atoms with Crippen molar-refractivity contribution in [1.29, 1.82) is 0 Å². The van der Waals surface area contributed by atoms with Crippen molar-refractivity contribution in [3.8, 4) is 0 Å². The maximum Gasteiger partial charge on any atom is 0.240 e. The first kappa shape index (κ1) is 21.9. The number of hydrogen-bond donors (Lipinski definition) is 2. The summed E-state index contributed by atoms with van der Waals surface area (Å²) >= 11 is 1.59. The molecule has 11 heteroatoms. The van der Waals surface area contributed by atoms with Gasteiger partial charge in [0.2, 0.25) is 20.0 Å². The molecule has 2 aliphatic rings. The smallest absolute Gasteiger partial charge is 0.240 e. The van der Waals surface area contributed by atoms with E-state index in [4.69, 9.17) is 4.74 Å². The number of thiophene rings is 1. The van der Waals surface area contributed by atoms with Crippen molar-refractivity contribution in [2.24, 2.45) is 0 Å². The number of ether oxygens (including phenoxy) is 1. The van der Waals surface area contributed by atoms with Gasteiger partial charge in [-0.25, -0.2) is 26.3 Å². The Morgan fingerprint density at radius 2 is 1.63 bits per heavy atom. The lowest BCUT2D eigenvalue weighted by Gasteiger charge is -2.34. The second kappa shape index (κ2) is 9.03. The van der Waals surface area contributed by atoms with Crippen molar-refractivity contribution in [2.45, 2.75) is 34.7 Å². The van der Waals surface area contributed by atoms with E-state index in [2.05, 4.69) is 14.3 Å². The molecule has 30 heavy (non-hydrogen) atoms. The molecular formula is C19H25N3O5S3. The normalized spacial score (nSPS) is 19.6. The molecule has 2 heterocycles. The summed E-state index contributed by atoms with van der Waals surface area (Å²) in [7, 11) is -7.39. The van der Waals surface area contributed by atoms with Gasteiger partial charge in [-0.1, -0.05) is 6.07 Å². The summed E-state index contributed by atoms with van der Waals surface area (Å²) in [5.74, 6) is 0. The predicted octanol–water partition coefficient (Wildman–Crippen LogP) is 1.54. The third-order valence-electron chi connectivity index (χ3n) is 5.17. The molecule has 1 saturated carbocycles. The fourth-order valence-electron chi connectivity index (χ4n) is 3.34. The number of benzene rings is 1. The Labute approximate surface area is 181 Å². The molecule has 2 N–H and O–H groups in total. The topological polar surface area (TPSA) is 105 Å². The molecule has 2 fully saturated rings. The van der Waals surface area contributed by atoms with Crippen LogP contribution in [0, 0.1) is 0 Å². The van der Waals surface area contributed by atoms with Gasteiger partial charge >= 0.3 is 0 Å². The maximum atomic E-state index is 12.8. The molecule has 0 amide bonds. The first-order valence-corrected chi connectivity index (χ1v) is 13.7. The Bertz CT molecular complexity index is 1040. The number of nitrogens with one attached hydrogen (secondary N) is 2. The van der Waals surface area contributed by atoms with Gasteiger partial charge in [0.25, 0.3) is 0 Å². The summed E-state index contributed by atoms with van der Waals surface area (Å²) < 4.78 is 60.9. The van der Waals surface area contributed by atoms with Crippen molar-refractivity contribution < 1.29 is 21.6 Å². The van der Waals surface area contributed by atoms with Crippen LogP contribution < -0.4 is 9.44 Å². The minimum absolute atomic E-state index is 0.00514. The van der Waals surface area contributed by atoms with Crippen LogP contribution in [-0.4, -0.2) is 60.6 Å². The summed E-state index contributed by atoms with van der Waals surface area (Å²) in [5.41, 5.74) is 0. The molecule has 2 aromatic rings. The minimum Gasteiger partial charge on any atom is -0.379 e. The van der Waals surface area contributed by atoms with Gasteiger partial charge in [0.1, 0.15) is 0 Å². The third-order valence-corrected chi connectivity index (χ3v) is 9.12. The highest BCUT2D eigenvalue weighted by molar-refractivity contribution is 7.90. The SMILES string of the molecule is O=S(=O)(NC[C@H](c1cccs1)N1CCOCC1)c1ccc(S(=O)(=O)NC2CC2)cc1. The van der Waals surface area contributed by atoms with Crippen molar-refractivity contribution in [1.82, 2.24) is 14.3 Å². The molecule has 1 aromatic carbocycles. The van der Waals surface area contributed by atoms with E-state index < -0.39 is 20.0 Å². The Kier molecular flexibility index (Phi) is 6.58. The zero-order valence-electron chi connectivity index (χ0n) is 16.4. The zero-order valence-corrected chi connectivity index (χ0v) is 18.8. The van der Waals surface area contributed by atoms with Gasteiger partial charge in [0, 0.05) is 30.6 Å². The van der Waals surface area contributed by atoms with E-state index in [1.165, 1.54) is 24.3 Å². The number of morpholine rings is 1. The van der Waals surface area contributed by atoms with Crippen molar-refractivity contribution in [3.05, 3.63) is 46.7 Å². The second-order valence-electron chi connectivity index (χ2n) is 7.40. The van der Waals surface area contributed by atoms with Gasteiger partial charge in [-0.2, -0.15) is 0 Å². The Hall–Kier alpha value is -1.34. The van der Waals surface area contributed by atoms with Gasteiger partial charge in [-0.3, -0.25) is 4.90 Å². The van der Waals surface area contributed by atoms with Crippen LogP contribution in [0.1, 0.15) is 23.8 Å². The van der Waals surface area contributed by atoms with Crippen molar-refractivity contribution in [2.75, 3.05) is 32.8 Å². The molecule has 1 aliphatic carbocycles. The highest BCUT2D eigenvalue weighted by Crippen LogP contribution is 2.26. The molecule has 8 nitrogen and oxygen atoms in total. The lowest BCUT2D eigenvalue weighted by Crippen LogP contribution is -2.43. The lowest BCUT2D eigenvalue weighted by molar-refractivity contribution is 0.0179. The molecule has 0 radical (unpaired) electrons. The highest BCUT2D eigenvalue weighted by Gasteiger charge is 2.29. The molecule has 1 atom stereocenters. The number of hydrogen-bond acceptors (Lipinski definition) is 7. The number of nitrogens with zero attached hydrogens (tertiary/aromatic N) is 1. The van der Waals surface area contributed by atoms with Gasteiger partial charge in [-0.05, 0) is 48.6 Å². The fourth-order valence-corrected chi connectivity index (χ4v) is 6.54. The van der Waals surface area contributed by atoms with E-state index in [1.54, 1.807) is 11.3 Å². The summed E-state index contributed by atoms with van der Waals surface area (Å²) in [4.78, 5) is 3.42. The van der Waals surface area contributed by atoms with E-state index >= 15 is 0 Å². The zero-order chi connectivity index (χ0) is 21.2. The number of sulfonamides is 2. The standard InChI is InChI=1S/C19H25N3O5S3/c23-29(24,16-5-7-17(8-6-16)30(25,26)21-15-3-4-15)20-14-18(19-2-1-13-28-19)22-9-11-27-12-10-22/h1-2,5-8,13,15,18,20-21H,3-4,9-12,14H2/t18-/m1/s1. The largest absolute Gasteiger partial charge is 0.379 e. The van der Waals surface area contributed by atoms with Crippen molar-refractivity contribution >= 4 is 31.4 Å². The molecular weight excluding hydrogens is 446 g/mol. The summed E-state index contributed by atoms with van der Waals surface area (Å²) in [6.45, 7) is 2.96. The molecule has 164 valence electrons. The Morgan fingerprint density at radius 3 is 2.20 bits per heavy atom. The summed E-state index contributed by atoms with van der Waals surface area (Å²) in [5, 5.41) is 1.98. The summed E-state index contributed by atoms with van der Waals surface area (Å²) in [6.07, 6.45) is 1.67. The van der Waals surface area contributed by atoms with Crippen LogP contribution in [0.3, 0.4) is 0 Å². The van der Waals surface area contributed by atoms with Crippen LogP contribution in [0.5, 0.6) is 0 Å². The van der Waals surface area contributed by atoms with Gasteiger partial charge in [0.05, 0.1) is 29.0 Å². The van der Waals surface area contributed by atoms with E-state index in [-0.39, 0.29) is 28.4 Å². The average Bonchev–Trinajstić information content (AvgIpc) is 3.37. The molecule has 1 aliphatic heterocycles. The Morgan fingerprint density at radius 1 is 1.00 bits per heavy atom. The van der Waals surface area contributed by atoms with E-state index in [9.17, 15) is 16.8 Å². The number of rotatable bonds is 9. The van der Waals surface area contributed by atoms with Crippen molar-refractivity contribution in [3.63, 3.8) is 0 Å². The lowest BCUT2D eigenvalue weighted by atomic mass is 10.2. The van der Waals surface area contributed by atoms with Crippen LogP contribution >= 0.6 is 11.3 Å².